The van der Waals surface area contributed by atoms with E-state index in [4.69, 9.17) is 9.15 Å². The monoisotopic (exact) mass is 378 g/mol. The summed E-state index contributed by atoms with van der Waals surface area (Å²) in [5.74, 6) is 1.54. The molecule has 3 aromatic rings. The predicted molar refractivity (Wildman–Crippen MR) is 110 cm³/mol. The molecule has 1 unspecified atom stereocenters. The number of anilines is 1. The van der Waals surface area contributed by atoms with Crippen molar-refractivity contribution in [3.05, 3.63) is 77.6 Å². The standard InChI is InChI=1S/C23H26N2O3/c1-17-7-9-18(10-8-17)24-13-15-25(16-14-24)23(19-5-3-4-6-20(19)26)21-11-12-22(27-2)28-21/h3-12,23,26H,13-16H2,1-2H3. The van der Waals surface area contributed by atoms with Crippen LogP contribution in [0.15, 0.2) is 65.1 Å². The van der Waals surface area contributed by atoms with E-state index in [0.29, 0.717) is 5.95 Å². The Kier molecular flexibility index (Phi) is 5.26. The van der Waals surface area contributed by atoms with Gasteiger partial charge in [-0.1, -0.05) is 35.9 Å². The molecule has 1 atom stereocenters. The van der Waals surface area contributed by atoms with Crippen molar-refractivity contribution in [2.24, 2.45) is 0 Å². The molecule has 1 saturated heterocycles. The smallest absolute Gasteiger partial charge is 0.284 e. The van der Waals surface area contributed by atoms with Gasteiger partial charge in [-0.3, -0.25) is 4.90 Å². The average Bonchev–Trinajstić information content (AvgIpc) is 3.20. The Labute approximate surface area is 165 Å². The van der Waals surface area contributed by atoms with Crippen LogP contribution < -0.4 is 9.64 Å². The second kappa shape index (κ2) is 7.98. The summed E-state index contributed by atoms with van der Waals surface area (Å²) in [6.45, 7) is 5.69. The molecule has 1 aliphatic heterocycles. The number of hydrogen-bond donors (Lipinski definition) is 1. The van der Waals surface area contributed by atoms with Crippen molar-refractivity contribution in [1.29, 1.82) is 0 Å². The highest BCUT2D eigenvalue weighted by molar-refractivity contribution is 5.48. The highest BCUT2D eigenvalue weighted by Gasteiger charge is 2.30. The fourth-order valence-corrected chi connectivity index (χ4v) is 3.83. The van der Waals surface area contributed by atoms with E-state index in [1.165, 1.54) is 11.3 Å². The van der Waals surface area contributed by atoms with Crippen molar-refractivity contribution >= 4 is 5.69 Å². The van der Waals surface area contributed by atoms with Gasteiger partial charge in [0.15, 0.2) is 0 Å². The van der Waals surface area contributed by atoms with E-state index in [2.05, 4.69) is 41.0 Å². The third-order valence-corrected chi connectivity index (χ3v) is 5.38. The molecule has 1 fully saturated rings. The zero-order valence-electron chi connectivity index (χ0n) is 16.3. The predicted octanol–water partition coefficient (Wildman–Crippen LogP) is 4.21. The molecule has 5 nitrogen and oxygen atoms in total. The zero-order valence-corrected chi connectivity index (χ0v) is 16.3. The van der Waals surface area contributed by atoms with E-state index in [1.807, 2.05) is 30.3 Å². The van der Waals surface area contributed by atoms with Crippen LogP contribution >= 0.6 is 0 Å². The first-order valence-electron chi connectivity index (χ1n) is 9.63. The SMILES string of the molecule is COc1ccc(C(c2ccccc2O)N2CCN(c3ccc(C)cc3)CC2)o1. The van der Waals surface area contributed by atoms with Crippen LogP contribution in [0.3, 0.4) is 0 Å². The maximum absolute atomic E-state index is 10.5. The molecular formula is C23H26N2O3. The number of phenolic OH excluding ortho intramolecular Hbond substituents is 1. The highest BCUT2D eigenvalue weighted by atomic mass is 16.6. The Bertz CT molecular complexity index is 912. The van der Waals surface area contributed by atoms with Crippen LogP contribution in [0.2, 0.25) is 0 Å². The van der Waals surface area contributed by atoms with Gasteiger partial charge in [0.2, 0.25) is 0 Å². The first kappa shape index (κ1) is 18.4. The molecule has 0 bridgehead atoms. The van der Waals surface area contributed by atoms with Crippen molar-refractivity contribution in [3.63, 3.8) is 0 Å². The molecule has 1 N–H and O–H groups in total. The van der Waals surface area contributed by atoms with Crippen LogP contribution in [0, 0.1) is 6.92 Å². The molecule has 0 radical (unpaired) electrons. The Morgan fingerprint density at radius 3 is 2.29 bits per heavy atom. The summed E-state index contributed by atoms with van der Waals surface area (Å²) in [6.07, 6.45) is 0. The Hall–Kier alpha value is -2.92. The molecular weight excluding hydrogens is 352 g/mol. The number of nitrogens with zero attached hydrogens (tertiary/aromatic N) is 2. The van der Waals surface area contributed by atoms with Crippen LogP contribution in [0.5, 0.6) is 11.7 Å². The van der Waals surface area contributed by atoms with Gasteiger partial charge in [0.25, 0.3) is 5.95 Å². The van der Waals surface area contributed by atoms with E-state index in [0.717, 1.165) is 37.5 Å². The number of rotatable bonds is 5. The number of methoxy groups -OCH3 is 1. The number of para-hydroxylation sites is 1. The molecule has 0 saturated carbocycles. The van der Waals surface area contributed by atoms with Gasteiger partial charge in [-0.2, -0.15) is 0 Å². The van der Waals surface area contributed by atoms with Crippen molar-refractivity contribution in [2.45, 2.75) is 13.0 Å². The fourth-order valence-electron chi connectivity index (χ4n) is 3.83. The van der Waals surface area contributed by atoms with Gasteiger partial charge in [-0.25, -0.2) is 0 Å². The summed E-state index contributed by atoms with van der Waals surface area (Å²) in [4.78, 5) is 4.76. The molecule has 28 heavy (non-hydrogen) atoms. The van der Waals surface area contributed by atoms with Gasteiger partial charge < -0.3 is 19.2 Å². The molecule has 1 aromatic heterocycles. The normalized spacial score (nSPS) is 16.1. The van der Waals surface area contributed by atoms with Gasteiger partial charge in [0.05, 0.1) is 13.2 Å². The third kappa shape index (κ3) is 3.71. The largest absolute Gasteiger partial charge is 0.508 e. The molecule has 0 amide bonds. The number of furan rings is 1. The van der Waals surface area contributed by atoms with Crippen molar-refractivity contribution < 1.29 is 14.3 Å². The first-order valence-corrected chi connectivity index (χ1v) is 9.63. The van der Waals surface area contributed by atoms with Crippen LogP contribution in [-0.2, 0) is 0 Å². The van der Waals surface area contributed by atoms with E-state index in [1.54, 1.807) is 13.2 Å². The summed E-state index contributed by atoms with van der Waals surface area (Å²) in [7, 11) is 1.60. The lowest BCUT2D eigenvalue weighted by molar-refractivity contribution is 0.180. The van der Waals surface area contributed by atoms with Crippen molar-refractivity contribution in [3.8, 4) is 11.7 Å². The molecule has 1 aliphatic rings. The number of piperazine rings is 1. The second-order valence-corrected chi connectivity index (χ2v) is 7.18. The summed E-state index contributed by atoms with van der Waals surface area (Å²) < 4.78 is 11.1. The fraction of sp³-hybridized carbons (Fsp3) is 0.304. The maximum atomic E-state index is 10.5. The van der Waals surface area contributed by atoms with E-state index in [-0.39, 0.29) is 11.8 Å². The summed E-state index contributed by atoms with van der Waals surface area (Å²) in [5, 5.41) is 10.5. The summed E-state index contributed by atoms with van der Waals surface area (Å²) >= 11 is 0. The topological polar surface area (TPSA) is 49.1 Å². The Balaban J connectivity index is 1.57. The Morgan fingerprint density at radius 2 is 1.64 bits per heavy atom. The quantitative estimate of drug-likeness (QED) is 0.721. The molecule has 0 aliphatic carbocycles. The van der Waals surface area contributed by atoms with Gasteiger partial charge in [-0.15, -0.1) is 0 Å². The number of aryl methyl sites for hydroxylation is 1. The van der Waals surface area contributed by atoms with Crippen LogP contribution in [0.25, 0.3) is 0 Å². The Morgan fingerprint density at radius 1 is 0.929 bits per heavy atom. The first-order chi connectivity index (χ1) is 13.7. The lowest BCUT2D eigenvalue weighted by atomic mass is 10.0. The number of aromatic hydroxyl groups is 1. The van der Waals surface area contributed by atoms with E-state index in [9.17, 15) is 5.11 Å². The molecule has 2 heterocycles. The minimum Gasteiger partial charge on any atom is -0.508 e. The maximum Gasteiger partial charge on any atom is 0.284 e. The zero-order chi connectivity index (χ0) is 19.5. The number of phenols is 1. The number of benzene rings is 2. The molecule has 146 valence electrons. The molecule has 2 aromatic carbocycles. The summed E-state index contributed by atoms with van der Waals surface area (Å²) in [6, 6.07) is 19.8. The lowest BCUT2D eigenvalue weighted by Crippen LogP contribution is -2.47. The van der Waals surface area contributed by atoms with E-state index < -0.39 is 0 Å². The average molecular weight is 378 g/mol. The molecule has 0 spiro atoms. The van der Waals surface area contributed by atoms with Gasteiger partial charge >= 0.3 is 0 Å². The highest BCUT2D eigenvalue weighted by Crippen LogP contribution is 2.37. The van der Waals surface area contributed by atoms with Crippen molar-refractivity contribution in [1.82, 2.24) is 4.90 Å². The lowest BCUT2D eigenvalue weighted by Gasteiger charge is -2.39. The van der Waals surface area contributed by atoms with Crippen LogP contribution in [0.1, 0.15) is 22.9 Å². The minimum absolute atomic E-state index is 0.148. The van der Waals surface area contributed by atoms with Gasteiger partial charge in [0, 0.05) is 43.5 Å². The van der Waals surface area contributed by atoms with Crippen molar-refractivity contribution in [2.75, 3.05) is 38.2 Å². The second-order valence-electron chi connectivity index (χ2n) is 7.18. The third-order valence-electron chi connectivity index (χ3n) is 5.38. The number of hydrogen-bond acceptors (Lipinski definition) is 5. The molecule has 5 heteroatoms. The van der Waals surface area contributed by atoms with Gasteiger partial charge in [0.1, 0.15) is 11.5 Å². The van der Waals surface area contributed by atoms with Crippen LogP contribution in [0.4, 0.5) is 5.69 Å². The van der Waals surface area contributed by atoms with Crippen LogP contribution in [-0.4, -0.2) is 43.3 Å². The number of ether oxygens (including phenoxy) is 1. The summed E-state index contributed by atoms with van der Waals surface area (Å²) in [5.41, 5.74) is 3.38. The molecule has 4 rings (SSSR count). The minimum atomic E-state index is -0.148. The van der Waals surface area contributed by atoms with Gasteiger partial charge in [-0.05, 0) is 31.2 Å². The van der Waals surface area contributed by atoms with E-state index >= 15 is 0 Å².